The molecule has 0 saturated carbocycles. The van der Waals surface area contributed by atoms with Gasteiger partial charge in [-0.25, -0.2) is 4.79 Å². The molecular formula is C12H14O4. The predicted octanol–water partition coefficient (Wildman–Crippen LogP) is 2.16. The minimum Gasteiger partial charge on any atom is -0.497 e. The lowest BCUT2D eigenvalue weighted by Gasteiger charge is -2.04. The predicted molar refractivity (Wildman–Crippen MR) is 60.2 cm³/mol. The van der Waals surface area contributed by atoms with Crippen molar-refractivity contribution in [2.75, 3.05) is 13.7 Å². The molecule has 0 aliphatic heterocycles. The minimum absolute atomic E-state index is 0.0734. The fourth-order valence-electron chi connectivity index (χ4n) is 1.20. The summed E-state index contributed by atoms with van der Waals surface area (Å²) in [6.07, 6.45) is 1.47. The Bertz CT molecular complexity index is 396. The van der Waals surface area contributed by atoms with Crippen LogP contribution in [0.4, 0.5) is 0 Å². The summed E-state index contributed by atoms with van der Waals surface area (Å²) in [5.74, 6) is -0.476. The maximum absolute atomic E-state index is 10.8. The highest BCUT2D eigenvalue weighted by atomic mass is 16.5. The van der Waals surface area contributed by atoms with Crippen molar-refractivity contribution in [3.05, 3.63) is 35.6 Å². The van der Waals surface area contributed by atoms with Gasteiger partial charge in [0.1, 0.15) is 5.75 Å². The smallest absolute Gasteiger partial charge is 0.371 e. The molecule has 0 aliphatic carbocycles. The molecule has 0 radical (unpaired) electrons. The van der Waals surface area contributed by atoms with Gasteiger partial charge in [-0.3, -0.25) is 0 Å². The Morgan fingerprint density at radius 2 is 2.25 bits per heavy atom. The van der Waals surface area contributed by atoms with E-state index in [2.05, 4.69) is 0 Å². The fourth-order valence-corrected chi connectivity index (χ4v) is 1.20. The maximum atomic E-state index is 10.8. The Balaban J connectivity index is 2.97. The molecule has 0 heterocycles. The molecule has 0 fully saturated rings. The number of carboxylic acid groups (broad SMARTS) is 1. The van der Waals surface area contributed by atoms with Gasteiger partial charge < -0.3 is 14.6 Å². The van der Waals surface area contributed by atoms with E-state index >= 15 is 0 Å². The highest BCUT2D eigenvalue weighted by Crippen LogP contribution is 2.15. The molecule has 1 rings (SSSR count). The number of hydrogen-bond acceptors (Lipinski definition) is 3. The van der Waals surface area contributed by atoms with Gasteiger partial charge in [0, 0.05) is 0 Å². The van der Waals surface area contributed by atoms with Crippen molar-refractivity contribution >= 4 is 12.0 Å². The number of carbonyl (C=O) groups is 1. The van der Waals surface area contributed by atoms with Crippen molar-refractivity contribution < 1.29 is 19.4 Å². The molecule has 0 bridgehead atoms. The first kappa shape index (κ1) is 12.1. The number of carboxylic acids is 1. The number of hydrogen-bond donors (Lipinski definition) is 1. The summed E-state index contributed by atoms with van der Waals surface area (Å²) in [7, 11) is 1.56. The van der Waals surface area contributed by atoms with Gasteiger partial charge in [-0.1, -0.05) is 12.1 Å². The van der Waals surface area contributed by atoms with Crippen molar-refractivity contribution in [1.29, 1.82) is 0 Å². The summed E-state index contributed by atoms with van der Waals surface area (Å²) in [5.41, 5.74) is 0.727. The Morgan fingerprint density at radius 3 is 2.81 bits per heavy atom. The Morgan fingerprint density at radius 1 is 1.50 bits per heavy atom. The lowest BCUT2D eigenvalue weighted by Crippen LogP contribution is -2.04. The molecule has 0 spiro atoms. The highest BCUT2D eigenvalue weighted by Gasteiger charge is 2.07. The SMILES string of the molecule is CCO/C(=C\c1cccc(OC)c1)C(=O)O. The number of rotatable bonds is 5. The van der Waals surface area contributed by atoms with Crippen LogP contribution in [0.5, 0.6) is 5.75 Å². The Kier molecular flexibility index (Phi) is 4.39. The van der Waals surface area contributed by atoms with Crippen LogP contribution in [0.15, 0.2) is 30.0 Å². The molecule has 16 heavy (non-hydrogen) atoms. The molecule has 1 aromatic rings. The fraction of sp³-hybridized carbons (Fsp3) is 0.250. The average Bonchev–Trinajstić information content (AvgIpc) is 2.28. The molecule has 4 nitrogen and oxygen atoms in total. The van der Waals surface area contributed by atoms with Crippen molar-refractivity contribution in [3.8, 4) is 5.75 Å². The normalized spacial score (nSPS) is 11.0. The molecule has 86 valence electrons. The van der Waals surface area contributed by atoms with Crippen LogP contribution in [0.3, 0.4) is 0 Å². The van der Waals surface area contributed by atoms with E-state index in [1.54, 1.807) is 38.3 Å². The third kappa shape index (κ3) is 3.31. The maximum Gasteiger partial charge on any atom is 0.371 e. The molecule has 0 amide bonds. The number of benzene rings is 1. The number of ether oxygens (including phenoxy) is 2. The first-order chi connectivity index (χ1) is 7.67. The van der Waals surface area contributed by atoms with Crippen LogP contribution >= 0.6 is 0 Å². The summed E-state index contributed by atoms with van der Waals surface area (Å²) in [4.78, 5) is 10.8. The zero-order valence-electron chi connectivity index (χ0n) is 9.27. The van der Waals surface area contributed by atoms with Crippen LogP contribution in [0.2, 0.25) is 0 Å². The zero-order valence-corrected chi connectivity index (χ0v) is 9.27. The molecule has 0 saturated heterocycles. The zero-order chi connectivity index (χ0) is 12.0. The van der Waals surface area contributed by atoms with E-state index in [4.69, 9.17) is 14.6 Å². The highest BCUT2D eigenvalue weighted by molar-refractivity contribution is 5.89. The quantitative estimate of drug-likeness (QED) is 0.612. The second kappa shape index (κ2) is 5.80. The molecule has 1 aromatic carbocycles. The van der Waals surface area contributed by atoms with E-state index in [0.29, 0.717) is 12.4 Å². The first-order valence-corrected chi connectivity index (χ1v) is 4.89. The van der Waals surface area contributed by atoms with Crippen LogP contribution < -0.4 is 4.74 Å². The summed E-state index contributed by atoms with van der Waals surface area (Å²) in [6.45, 7) is 2.06. The molecule has 0 aliphatic rings. The van der Waals surface area contributed by atoms with Crippen LogP contribution in [0.25, 0.3) is 6.08 Å². The molecule has 0 atom stereocenters. The third-order valence-electron chi connectivity index (χ3n) is 1.90. The summed E-state index contributed by atoms with van der Waals surface area (Å²) >= 11 is 0. The van der Waals surface area contributed by atoms with Gasteiger partial charge in [-0.05, 0) is 30.7 Å². The van der Waals surface area contributed by atoms with Crippen molar-refractivity contribution in [2.24, 2.45) is 0 Å². The van der Waals surface area contributed by atoms with Crippen molar-refractivity contribution in [2.45, 2.75) is 6.92 Å². The van der Waals surface area contributed by atoms with Gasteiger partial charge in [0.15, 0.2) is 0 Å². The lowest BCUT2D eigenvalue weighted by atomic mass is 10.2. The van der Waals surface area contributed by atoms with E-state index in [9.17, 15) is 4.79 Å². The van der Waals surface area contributed by atoms with Gasteiger partial charge in [-0.15, -0.1) is 0 Å². The van der Waals surface area contributed by atoms with Gasteiger partial charge in [-0.2, -0.15) is 0 Å². The number of methoxy groups -OCH3 is 1. The van der Waals surface area contributed by atoms with E-state index in [1.165, 1.54) is 6.08 Å². The monoisotopic (exact) mass is 222 g/mol. The standard InChI is InChI=1S/C12H14O4/c1-3-16-11(12(13)14)8-9-5-4-6-10(7-9)15-2/h4-8H,3H2,1-2H3,(H,13,14)/b11-8-. The summed E-state index contributed by atoms with van der Waals surface area (Å²) in [6, 6.07) is 7.10. The number of aliphatic carboxylic acids is 1. The van der Waals surface area contributed by atoms with E-state index in [0.717, 1.165) is 5.56 Å². The molecule has 1 N–H and O–H groups in total. The van der Waals surface area contributed by atoms with E-state index in [1.807, 2.05) is 0 Å². The molecule has 4 heteroatoms. The van der Waals surface area contributed by atoms with Crippen LogP contribution in [0, 0.1) is 0 Å². The third-order valence-corrected chi connectivity index (χ3v) is 1.90. The van der Waals surface area contributed by atoms with Crippen LogP contribution in [-0.2, 0) is 9.53 Å². The van der Waals surface area contributed by atoms with E-state index in [-0.39, 0.29) is 5.76 Å². The van der Waals surface area contributed by atoms with E-state index < -0.39 is 5.97 Å². The van der Waals surface area contributed by atoms with Crippen LogP contribution in [0.1, 0.15) is 12.5 Å². The average molecular weight is 222 g/mol. The topological polar surface area (TPSA) is 55.8 Å². The van der Waals surface area contributed by atoms with Crippen molar-refractivity contribution in [3.63, 3.8) is 0 Å². The lowest BCUT2D eigenvalue weighted by molar-refractivity contribution is -0.136. The summed E-state index contributed by atoms with van der Waals surface area (Å²) in [5, 5.41) is 8.87. The Hall–Kier alpha value is -1.97. The van der Waals surface area contributed by atoms with Gasteiger partial charge in [0.25, 0.3) is 0 Å². The second-order valence-corrected chi connectivity index (χ2v) is 3.02. The second-order valence-electron chi connectivity index (χ2n) is 3.02. The van der Waals surface area contributed by atoms with Crippen molar-refractivity contribution in [1.82, 2.24) is 0 Å². The van der Waals surface area contributed by atoms with Gasteiger partial charge in [0.05, 0.1) is 13.7 Å². The summed E-state index contributed by atoms with van der Waals surface area (Å²) < 4.78 is 10.0. The minimum atomic E-state index is -1.08. The largest absolute Gasteiger partial charge is 0.497 e. The molecular weight excluding hydrogens is 208 g/mol. The Labute approximate surface area is 94.1 Å². The first-order valence-electron chi connectivity index (χ1n) is 4.89. The molecule has 0 aromatic heterocycles. The molecule has 0 unspecified atom stereocenters. The van der Waals surface area contributed by atoms with Gasteiger partial charge >= 0.3 is 5.97 Å². The van der Waals surface area contributed by atoms with Gasteiger partial charge in [0.2, 0.25) is 5.76 Å². The van der Waals surface area contributed by atoms with Crippen LogP contribution in [-0.4, -0.2) is 24.8 Å².